The molecule has 1 heteroatoms. The summed E-state index contributed by atoms with van der Waals surface area (Å²) in [6.07, 6.45) is 19.4. The zero-order valence-corrected chi connectivity index (χ0v) is 13.1. The molecule has 114 valence electrons. The molecule has 0 aromatic rings. The summed E-state index contributed by atoms with van der Waals surface area (Å²) in [6.45, 7) is 0. The van der Waals surface area contributed by atoms with E-state index >= 15 is 0 Å². The van der Waals surface area contributed by atoms with Crippen molar-refractivity contribution in [1.82, 2.24) is 0 Å². The zero-order chi connectivity index (χ0) is 13.6. The highest BCUT2D eigenvalue weighted by Gasteiger charge is 2.60. The Bertz CT molecular complexity index is 307. The fourth-order valence-corrected chi connectivity index (χ4v) is 6.12. The summed E-state index contributed by atoms with van der Waals surface area (Å²) in [4.78, 5) is 0. The van der Waals surface area contributed by atoms with Crippen molar-refractivity contribution in [2.24, 2.45) is 22.7 Å². The van der Waals surface area contributed by atoms with E-state index in [2.05, 4.69) is 0 Å². The van der Waals surface area contributed by atoms with E-state index in [1.807, 2.05) is 0 Å². The van der Waals surface area contributed by atoms with E-state index in [9.17, 15) is 5.11 Å². The molecule has 4 aliphatic rings. The van der Waals surface area contributed by atoms with Gasteiger partial charge in [0.05, 0.1) is 6.10 Å². The van der Waals surface area contributed by atoms with Crippen molar-refractivity contribution in [2.75, 3.05) is 0 Å². The first-order chi connectivity index (χ1) is 9.78. The highest BCUT2D eigenvalue weighted by molar-refractivity contribution is 5.10. The van der Waals surface area contributed by atoms with Gasteiger partial charge in [-0.05, 0) is 74.0 Å². The molecule has 0 atom stereocenters. The third-order valence-corrected chi connectivity index (χ3v) is 7.44. The number of hydrogen-bond acceptors (Lipinski definition) is 1. The number of aliphatic hydroxyl groups excluding tert-OH is 1. The minimum Gasteiger partial charge on any atom is -0.392 e. The lowest BCUT2D eigenvalue weighted by Crippen LogP contribution is -2.52. The molecule has 1 N–H and O–H groups in total. The maximum absolute atomic E-state index is 11.6. The van der Waals surface area contributed by atoms with Crippen molar-refractivity contribution in [3.8, 4) is 0 Å². The van der Waals surface area contributed by atoms with Crippen molar-refractivity contribution in [1.29, 1.82) is 0 Å². The third-order valence-electron chi connectivity index (χ3n) is 7.44. The maximum Gasteiger partial charge on any atom is 0.0657 e. The average molecular weight is 276 g/mol. The Morgan fingerprint density at radius 1 is 0.600 bits per heavy atom. The standard InChI is InChI=1S/C19H32O/c20-17(18(15-7-8-15)11-3-1-4-12-18)19(16-9-10-16)13-5-2-6-14-19/h15-17,20H,1-14H2. The highest BCUT2D eigenvalue weighted by Crippen LogP contribution is 2.65. The first-order valence-electron chi connectivity index (χ1n) is 9.46. The summed E-state index contributed by atoms with van der Waals surface area (Å²) in [5.74, 6) is 1.77. The molecule has 0 aromatic heterocycles. The minimum atomic E-state index is 0.0376. The lowest BCUT2D eigenvalue weighted by Gasteiger charge is -2.53. The molecular formula is C19H32O. The van der Waals surface area contributed by atoms with E-state index in [1.54, 1.807) is 0 Å². The first kappa shape index (κ1) is 13.6. The van der Waals surface area contributed by atoms with Crippen molar-refractivity contribution < 1.29 is 5.11 Å². The summed E-state index contributed by atoms with van der Waals surface area (Å²) >= 11 is 0. The van der Waals surface area contributed by atoms with Crippen LogP contribution < -0.4 is 0 Å². The van der Waals surface area contributed by atoms with Crippen LogP contribution in [0, 0.1) is 22.7 Å². The Kier molecular flexibility index (Phi) is 3.41. The average Bonchev–Trinajstić information content (AvgIpc) is 3.40. The van der Waals surface area contributed by atoms with Crippen LogP contribution in [0.5, 0.6) is 0 Å². The fraction of sp³-hybridized carbons (Fsp3) is 1.00. The molecule has 20 heavy (non-hydrogen) atoms. The van der Waals surface area contributed by atoms with E-state index in [0.717, 1.165) is 11.8 Å². The molecule has 0 heterocycles. The van der Waals surface area contributed by atoms with Gasteiger partial charge in [-0.25, -0.2) is 0 Å². The maximum atomic E-state index is 11.6. The molecule has 0 saturated heterocycles. The Balaban J connectivity index is 1.63. The molecule has 0 unspecified atom stereocenters. The second-order valence-electron chi connectivity index (χ2n) is 8.54. The van der Waals surface area contributed by atoms with Crippen LogP contribution in [0.1, 0.15) is 89.9 Å². The minimum absolute atomic E-state index is 0.0376. The number of rotatable bonds is 4. The van der Waals surface area contributed by atoms with E-state index < -0.39 is 0 Å². The van der Waals surface area contributed by atoms with Gasteiger partial charge in [-0.2, -0.15) is 0 Å². The van der Waals surface area contributed by atoms with Gasteiger partial charge in [0.15, 0.2) is 0 Å². The summed E-state index contributed by atoms with van der Waals surface area (Å²) in [6, 6.07) is 0. The SMILES string of the molecule is OC(C1(C2CC2)CCCCC1)C1(C2CC2)CCCCC1. The van der Waals surface area contributed by atoms with E-state index in [1.165, 1.54) is 89.9 Å². The smallest absolute Gasteiger partial charge is 0.0657 e. The van der Waals surface area contributed by atoms with Gasteiger partial charge in [0.25, 0.3) is 0 Å². The predicted molar refractivity (Wildman–Crippen MR) is 82.5 cm³/mol. The van der Waals surface area contributed by atoms with Crippen LogP contribution in [0.4, 0.5) is 0 Å². The Morgan fingerprint density at radius 3 is 1.25 bits per heavy atom. The summed E-state index contributed by atoms with van der Waals surface area (Å²) < 4.78 is 0. The van der Waals surface area contributed by atoms with Crippen molar-refractivity contribution in [2.45, 2.75) is 96.0 Å². The molecule has 0 aliphatic heterocycles. The van der Waals surface area contributed by atoms with Crippen LogP contribution in [0.3, 0.4) is 0 Å². The van der Waals surface area contributed by atoms with Gasteiger partial charge >= 0.3 is 0 Å². The molecule has 0 spiro atoms. The molecule has 0 amide bonds. The van der Waals surface area contributed by atoms with Gasteiger partial charge in [-0.15, -0.1) is 0 Å². The van der Waals surface area contributed by atoms with Crippen LogP contribution in [0.2, 0.25) is 0 Å². The van der Waals surface area contributed by atoms with Crippen LogP contribution in [-0.2, 0) is 0 Å². The number of aliphatic hydroxyl groups is 1. The van der Waals surface area contributed by atoms with Gasteiger partial charge in [-0.3, -0.25) is 0 Å². The molecule has 1 nitrogen and oxygen atoms in total. The Hall–Kier alpha value is -0.0400. The number of hydrogen-bond donors (Lipinski definition) is 1. The molecule has 4 saturated carbocycles. The topological polar surface area (TPSA) is 20.2 Å². The second-order valence-corrected chi connectivity index (χ2v) is 8.54. The van der Waals surface area contributed by atoms with Crippen LogP contribution in [0.15, 0.2) is 0 Å². The molecule has 0 radical (unpaired) electrons. The lowest BCUT2D eigenvalue weighted by molar-refractivity contribution is -0.126. The Labute approximate surface area is 124 Å². The first-order valence-corrected chi connectivity index (χ1v) is 9.46. The van der Waals surface area contributed by atoms with Crippen molar-refractivity contribution in [3.05, 3.63) is 0 Å². The Morgan fingerprint density at radius 2 is 0.950 bits per heavy atom. The normalized spacial score (nSPS) is 33.3. The largest absolute Gasteiger partial charge is 0.392 e. The van der Waals surface area contributed by atoms with Crippen molar-refractivity contribution in [3.63, 3.8) is 0 Å². The molecule has 4 aliphatic carbocycles. The zero-order valence-electron chi connectivity index (χ0n) is 13.1. The summed E-state index contributed by atoms with van der Waals surface area (Å²) in [5.41, 5.74) is 0.691. The van der Waals surface area contributed by atoms with Crippen LogP contribution >= 0.6 is 0 Å². The van der Waals surface area contributed by atoms with E-state index in [-0.39, 0.29) is 6.10 Å². The molecule has 0 aromatic carbocycles. The second kappa shape index (κ2) is 5.00. The summed E-state index contributed by atoms with van der Waals surface area (Å²) in [7, 11) is 0. The van der Waals surface area contributed by atoms with E-state index in [4.69, 9.17) is 0 Å². The fourth-order valence-electron chi connectivity index (χ4n) is 6.12. The lowest BCUT2D eigenvalue weighted by atomic mass is 9.55. The summed E-state index contributed by atoms with van der Waals surface area (Å²) in [5, 5.41) is 11.6. The van der Waals surface area contributed by atoms with Gasteiger partial charge < -0.3 is 5.11 Å². The predicted octanol–water partition coefficient (Wildman–Crippen LogP) is 5.07. The third kappa shape index (κ3) is 2.07. The quantitative estimate of drug-likeness (QED) is 0.760. The molecule has 0 bridgehead atoms. The van der Waals surface area contributed by atoms with Crippen LogP contribution in [0.25, 0.3) is 0 Å². The van der Waals surface area contributed by atoms with Gasteiger partial charge in [-0.1, -0.05) is 38.5 Å². The molecular weight excluding hydrogens is 244 g/mol. The monoisotopic (exact) mass is 276 g/mol. The van der Waals surface area contributed by atoms with Gasteiger partial charge in [0, 0.05) is 0 Å². The molecule has 4 fully saturated rings. The highest BCUT2D eigenvalue weighted by atomic mass is 16.3. The van der Waals surface area contributed by atoms with E-state index in [0.29, 0.717) is 10.8 Å². The van der Waals surface area contributed by atoms with Crippen LogP contribution in [-0.4, -0.2) is 11.2 Å². The van der Waals surface area contributed by atoms with Crippen molar-refractivity contribution >= 4 is 0 Å². The van der Waals surface area contributed by atoms with Gasteiger partial charge in [0.2, 0.25) is 0 Å². The molecule has 4 rings (SSSR count). The van der Waals surface area contributed by atoms with Gasteiger partial charge in [0.1, 0.15) is 0 Å².